The van der Waals surface area contributed by atoms with Crippen LogP contribution in [-0.4, -0.2) is 12.1 Å². The molecule has 0 bridgehead atoms. The highest BCUT2D eigenvalue weighted by molar-refractivity contribution is 5.27. The number of rotatable bonds is 3. The Hall–Kier alpha value is -0.820. The molecule has 1 fully saturated rings. The second kappa shape index (κ2) is 4.36. The fourth-order valence-corrected chi connectivity index (χ4v) is 2.42. The number of hydrogen-bond acceptors (Lipinski definition) is 1. The Kier molecular flexibility index (Phi) is 3.11. The fourth-order valence-electron chi connectivity index (χ4n) is 2.42. The van der Waals surface area contributed by atoms with Gasteiger partial charge < -0.3 is 5.32 Å². The van der Waals surface area contributed by atoms with Crippen LogP contribution in [0, 0.1) is 6.92 Å². The minimum atomic E-state index is 0.619. The van der Waals surface area contributed by atoms with E-state index in [-0.39, 0.29) is 0 Å². The van der Waals surface area contributed by atoms with Gasteiger partial charge in [-0.3, -0.25) is 0 Å². The molecule has 15 heavy (non-hydrogen) atoms. The predicted octanol–water partition coefficient (Wildman–Crippen LogP) is 3.24. The van der Waals surface area contributed by atoms with Crippen LogP contribution < -0.4 is 5.32 Å². The maximum Gasteiger partial charge on any atom is 0.00810 e. The molecule has 1 aromatic carbocycles. The second-order valence-electron chi connectivity index (χ2n) is 5.10. The molecule has 1 saturated carbocycles. The Bertz CT molecular complexity index is 324. The number of hydrogen-bond donors (Lipinski definition) is 1. The van der Waals surface area contributed by atoms with E-state index in [1.54, 1.807) is 0 Å². The maximum absolute atomic E-state index is 3.59. The van der Waals surface area contributed by atoms with Crippen molar-refractivity contribution >= 4 is 0 Å². The fraction of sp³-hybridized carbons (Fsp3) is 0.571. The third kappa shape index (κ3) is 2.60. The molecule has 0 aromatic heterocycles. The first-order valence-electron chi connectivity index (χ1n) is 5.98. The van der Waals surface area contributed by atoms with E-state index in [4.69, 9.17) is 0 Å². The molecule has 1 N–H and O–H groups in total. The summed E-state index contributed by atoms with van der Waals surface area (Å²) in [5.41, 5.74) is 2.91. The molecule has 0 aliphatic heterocycles. The lowest BCUT2D eigenvalue weighted by molar-refractivity contribution is 0.275. The zero-order valence-electron chi connectivity index (χ0n) is 9.96. The van der Waals surface area contributed by atoms with Crippen LogP contribution in [0.3, 0.4) is 0 Å². The molecule has 0 unspecified atom stereocenters. The summed E-state index contributed by atoms with van der Waals surface area (Å²) in [4.78, 5) is 0. The topological polar surface area (TPSA) is 12.0 Å². The standard InChI is InChI=1S/C14H21N/c1-10(2)15-14-8-13(9-14)12-6-4-5-11(3)7-12/h4-7,10,13-15H,8-9H2,1-3H3. The van der Waals surface area contributed by atoms with Gasteiger partial charge >= 0.3 is 0 Å². The molecule has 1 nitrogen and oxygen atoms in total. The highest BCUT2D eigenvalue weighted by Crippen LogP contribution is 2.37. The minimum Gasteiger partial charge on any atom is -0.312 e. The van der Waals surface area contributed by atoms with Crippen molar-refractivity contribution in [3.05, 3.63) is 35.4 Å². The molecular formula is C14H21N. The zero-order valence-corrected chi connectivity index (χ0v) is 9.96. The first-order valence-corrected chi connectivity index (χ1v) is 5.98. The summed E-state index contributed by atoms with van der Waals surface area (Å²) in [7, 11) is 0. The van der Waals surface area contributed by atoms with E-state index in [1.807, 2.05) is 0 Å². The molecule has 82 valence electrons. The third-order valence-corrected chi connectivity index (χ3v) is 3.22. The molecule has 1 heteroatoms. The lowest BCUT2D eigenvalue weighted by Crippen LogP contribution is -2.43. The van der Waals surface area contributed by atoms with E-state index >= 15 is 0 Å². The largest absolute Gasteiger partial charge is 0.312 e. The summed E-state index contributed by atoms with van der Waals surface area (Å²) in [6, 6.07) is 10.3. The van der Waals surface area contributed by atoms with Gasteiger partial charge in [0.25, 0.3) is 0 Å². The predicted molar refractivity (Wildman–Crippen MR) is 65.2 cm³/mol. The van der Waals surface area contributed by atoms with Crippen molar-refractivity contribution in [1.82, 2.24) is 5.32 Å². The Labute approximate surface area is 92.9 Å². The maximum atomic E-state index is 3.59. The van der Waals surface area contributed by atoms with Gasteiger partial charge in [0.1, 0.15) is 0 Å². The van der Waals surface area contributed by atoms with E-state index in [0.29, 0.717) is 6.04 Å². The van der Waals surface area contributed by atoms with Crippen molar-refractivity contribution in [2.75, 3.05) is 0 Å². The van der Waals surface area contributed by atoms with E-state index in [2.05, 4.69) is 50.4 Å². The molecule has 0 radical (unpaired) electrons. The first-order chi connectivity index (χ1) is 7.15. The van der Waals surface area contributed by atoms with Crippen molar-refractivity contribution in [2.45, 2.75) is 51.6 Å². The quantitative estimate of drug-likeness (QED) is 0.795. The molecule has 1 aliphatic carbocycles. The molecule has 0 saturated heterocycles. The van der Waals surface area contributed by atoms with Crippen LogP contribution in [0.2, 0.25) is 0 Å². The van der Waals surface area contributed by atoms with E-state index in [9.17, 15) is 0 Å². The van der Waals surface area contributed by atoms with Crippen LogP contribution in [0.4, 0.5) is 0 Å². The van der Waals surface area contributed by atoms with Crippen molar-refractivity contribution in [1.29, 1.82) is 0 Å². The smallest absolute Gasteiger partial charge is 0.00810 e. The molecule has 0 spiro atoms. The molecular weight excluding hydrogens is 182 g/mol. The first kappa shape index (κ1) is 10.7. The van der Waals surface area contributed by atoms with Crippen molar-refractivity contribution < 1.29 is 0 Å². The van der Waals surface area contributed by atoms with Gasteiger partial charge in [-0.25, -0.2) is 0 Å². The highest BCUT2D eigenvalue weighted by atomic mass is 15.0. The summed E-state index contributed by atoms with van der Waals surface area (Å²) in [6.45, 7) is 6.62. The number of aryl methyl sites for hydroxylation is 1. The van der Waals surface area contributed by atoms with Gasteiger partial charge in [-0.2, -0.15) is 0 Å². The Balaban J connectivity index is 1.89. The Morgan fingerprint density at radius 1 is 1.27 bits per heavy atom. The average Bonchev–Trinajstić information content (AvgIpc) is 2.10. The minimum absolute atomic E-state index is 0.619. The van der Waals surface area contributed by atoms with Crippen LogP contribution in [0.25, 0.3) is 0 Å². The Morgan fingerprint density at radius 2 is 2.00 bits per heavy atom. The van der Waals surface area contributed by atoms with Crippen LogP contribution >= 0.6 is 0 Å². The van der Waals surface area contributed by atoms with Crippen LogP contribution in [0.15, 0.2) is 24.3 Å². The van der Waals surface area contributed by atoms with Crippen LogP contribution in [-0.2, 0) is 0 Å². The molecule has 1 aliphatic rings. The van der Waals surface area contributed by atoms with Crippen molar-refractivity contribution in [2.24, 2.45) is 0 Å². The lowest BCUT2D eigenvalue weighted by atomic mass is 9.75. The van der Waals surface area contributed by atoms with Gasteiger partial charge in [0, 0.05) is 12.1 Å². The van der Waals surface area contributed by atoms with Crippen molar-refractivity contribution in [3.63, 3.8) is 0 Å². The van der Waals surface area contributed by atoms with Gasteiger partial charge in [0.05, 0.1) is 0 Å². The lowest BCUT2D eigenvalue weighted by Gasteiger charge is -2.37. The van der Waals surface area contributed by atoms with Crippen molar-refractivity contribution in [3.8, 4) is 0 Å². The summed E-state index contributed by atoms with van der Waals surface area (Å²) in [5, 5.41) is 3.59. The summed E-state index contributed by atoms with van der Waals surface area (Å²) < 4.78 is 0. The zero-order chi connectivity index (χ0) is 10.8. The number of benzene rings is 1. The SMILES string of the molecule is Cc1cccc(C2CC(NC(C)C)C2)c1. The van der Waals surface area contributed by atoms with Gasteiger partial charge in [-0.1, -0.05) is 43.7 Å². The normalized spacial score (nSPS) is 25.3. The van der Waals surface area contributed by atoms with Gasteiger partial charge in [0.2, 0.25) is 0 Å². The Morgan fingerprint density at radius 3 is 2.60 bits per heavy atom. The van der Waals surface area contributed by atoms with Gasteiger partial charge in [0.15, 0.2) is 0 Å². The third-order valence-electron chi connectivity index (χ3n) is 3.22. The monoisotopic (exact) mass is 203 g/mol. The molecule has 0 atom stereocenters. The summed E-state index contributed by atoms with van der Waals surface area (Å²) in [5.74, 6) is 0.793. The van der Waals surface area contributed by atoms with E-state index in [1.165, 1.54) is 24.0 Å². The van der Waals surface area contributed by atoms with Gasteiger partial charge in [-0.15, -0.1) is 0 Å². The van der Waals surface area contributed by atoms with Crippen LogP contribution in [0.5, 0.6) is 0 Å². The number of nitrogens with one attached hydrogen (secondary N) is 1. The molecule has 0 heterocycles. The second-order valence-corrected chi connectivity index (χ2v) is 5.10. The van der Waals surface area contributed by atoms with Gasteiger partial charge in [-0.05, 0) is 31.2 Å². The van der Waals surface area contributed by atoms with Crippen LogP contribution in [0.1, 0.15) is 43.7 Å². The average molecular weight is 203 g/mol. The molecule has 2 rings (SSSR count). The highest BCUT2D eigenvalue weighted by Gasteiger charge is 2.30. The summed E-state index contributed by atoms with van der Waals surface area (Å²) in [6.07, 6.45) is 2.61. The van der Waals surface area contributed by atoms with E-state index < -0.39 is 0 Å². The summed E-state index contributed by atoms with van der Waals surface area (Å²) >= 11 is 0. The molecule has 1 aromatic rings. The molecule has 0 amide bonds. The van der Waals surface area contributed by atoms with E-state index in [0.717, 1.165) is 12.0 Å².